The molecule has 2 aliphatic carbocycles. The number of hydrogen-bond acceptors (Lipinski definition) is 0. The van der Waals surface area contributed by atoms with Gasteiger partial charge >= 0.3 is 28.4 Å². The van der Waals surface area contributed by atoms with Crippen molar-refractivity contribution >= 4 is 29.0 Å². The molecular formula is C43H52Cl2Zr-4. The van der Waals surface area contributed by atoms with Crippen molar-refractivity contribution in [3.05, 3.63) is 154 Å². The molecule has 0 aromatic heterocycles. The number of rotatable bonds is 0. The zero-order valence-corrected chi connectivity index (χ0v) is 33.6. The summed E-state index contributed by atoms with van der Waals surface area (Å²) in [6.45, 7) is 21.9. The fraction of sp³-hybridized carbons (Fsp3) is 0.326. The molecule has 0 heterocycles. The van der Waals surface area contributed by atoms with E-state index >= 15 is 0 Å². The van der Waals surface area contributed by atoms with Crippen molar-refractivity contribution in [2.24, 2.45) is 0 Å². The Kier molecular flexibility index (Phi) is 19.8. The minimum atomic E-state index is 0. The van der Waals surface area contributed by atoms with Crippen molar-refractivity contribution in [3.8, 4) is 11.1 Å². The standard InChI is InChI=1S/C21H25.2C8H9.C5H5.CH2.2ClH.Zr/c1-20(2,3)16-7-9-18-14(12-16)11-15-13-17(21(4,5)6)8-10-19(15)18;2*1-7-4-3-5-8(2)6-7;1-2-4-5-3-1;;;;/h7-10,12H,11H2,1-6H3;2*4-6H,1-2H3;1-3H,4H2;1H2;2*1H;/q4*-1;;;;. The topological polar surface area (TPSA) is 0 Å². The number of aryl methyl sites for hydroxylation is 4. The summed E-state index contributed by atoms with van der Waals surface area (Å²) in [7, 11) is 0. The third-order valence-electron chi connectivity index (χ3n) is 7.20. The first-order chi connectivity index (χ1) is 20.7. The van der Waals surface area contributed by atoms with E-state index in [1.54, 1.807) is 0 Å². The van der Waals surface area contributed by atoms with Gasteiger partial charge in [0, 0.05) is 0 Å². The van der Waals surface area contributed by atoms with Gasteiger partial charge < -0.3 is 0 Å². The summed E-state index contributed by atoms with van der Waals surface area (Å²) in [5.41, 5.74) is 13.8. The maximum atomic E-state index is 3.67. The Labute approximate surface area is 309 Å². The third kappa shape index (κ3) is 14.6. The average molecular weight is 731 g/mol. The Morgan fingerprint density at radius 2 is 1.15 bits per heavy atom. The van der Waals surface area contributed by atoms with Crippen LogP contribution in [0.4, 0.5) is 0 Å². The Hall–Kier alpha value is -2.31. The van der Waals surface area contributed by atoms with Crippen molar-refractivity contribution in [2.45, 2.75) is 92.9 Å². The predicted molar refractivity (Wildman–Crippen MR) is 204 cm³/mol. The number of benzene rings is 4. The molecule has 0 amide bonds. The second kappa shape index (κ2) is 20.8. The molecule has 4 aromatic rings. The summed E-state index contributed by atoms with van der Waals surface area (Å²) in [4.78, 5) is 0. The fourth-order valence-corrected chi connectivity index (χ4v) is 4.86. The van der Waals surface area contributed by atoms with E-state index in [1.165, 1.54) is 79.9 Å². The van der Waals surface area contributed by atoms with Crippen LogP contribution in [0.2, 0.25) is 0 Å². The van der Waals surface area contributed by atoms with E-state index in [-0.39, 0.29) is 35.6 Å². The van der Waals surface area contributed by atoms with Crippen LogP contribution in [-0.4, -0.2) is 4.21 Å². The maximum absolute atomic E-state index is 3.67. The molecule has 3 heteroatoms. The van der Waals surface area contributed by atoms with Gasteiger partial charge in [-0.05, 0) is 28.4 Å². The van der Waals surface area contributed by atoms with E-state index in [1.807, 2.05) is 36.4 Å². The van der Waals surface area contributed by atoms with Gasteiger partial charge in [-0.15, -0.1) is 42.4 Å². The summed E-state index contributed by atoms with van der Waals surface area (Å²) >= 11 is 1.30. The van der Waals surface area contributed by atoms with E-state index in [0.29, 0.717) is 0 Å². The minimum absolute atomic E-state index is 0. The van der Waals surface area contributed by atoms with Gasteiger partial charge in [0.2, 0.25) is 0 Å². The molecule has 0 saturated carbocycles. The van der Waals surface area contributed by atoms with Crippen LogP contribution in [0.25, 0.3) is 11.1 Å². The van der Waals surface area contributed by atoms with Gasteiger partial charge in [-0.2, -0.15) is 101 Å². The molecule has 0 fully saturated rings. The number of halogens is 2. The molecule has 0 radical (unpaired) electrons. The van der Waals surface area contributed by atoms with Crippen molar-refractivity contribution < 1.29 is 24.2 Å². The Balaban J connectivity index is 0.000000669. The molecule has 4 aromatic carbocycles. The van der Waals surface area contributed by atoms with E-state index in [2.05, 4.69) is 146 Å². The Morgan fingerprint density at radius 3 is 1.50 bits per heavy atom. The van der Waals surface area contributed by atoms with Gasteiger partial charge in [0.1, 0.15) is 0 Å². The molecule has 46 heavy (non-hydrogen) atoms. The molecule has 0 unspecified atom stereocenters. The van der Waals surface area contributed by atoms with Crippen molar-refractivity contribution in [1.82, 2.24) is 0 Å². The fourth-order valence-electron chi connectivity index (χ4n) is 4.86. The van der Waals surface area contributed by atoms with Crippen molar-refractivity contribution in [3.63, 3.8) is 0 Å². The molecule has 246 valence electrons. The summed E-state index contributed by atoms with van der Waals surface area (Å²) < 4.78 is 3.34. The first kappa shape index (κ1) is 43.7. The van der Waals surface area contributed by atoms with E-state index in [0.717, 1.165) is 12.8 Å². The van der Waals surface area contributed by atoms with E-state index < -0.39 is 0 Å². The summed E-state index contributed by atoms with van der Waals surface area (Å²) in [6, 6.07) is 33.4. The van der Waals surface area contributed by atoms with Crippen LogP contribution < -0.4 is 0 Å². The molecular weight excluding hydrogens is 679 g/mol. The van der Waals surface area contributed by atoms with Gasteiger partial charge in [-0.25, -0.2) is 12.2 Å². The second-order valence-corrected chi connectivity index (χ2v) is 13.5. The molecule has 0 spiro atoms. The monoisotopic (exact) mass is 728 g/mol. The molecule has 6 rings (SSSR count). The summed E-state index contributed by atoms with van der Waals surface area (Å²) in [5.74, 6) is 0. The predicted octanol–water partition coefficient (Wildman–Crippen LogP) is 12.0. The van der Waals surface area contributed by atoms with Crippen LogP contribution in [0.5, 0.6) is 0 Å². The molecule has 0 aliphatic heterocycles. The number of allylic oxidation sites excluding steroid dienone is 4. The van der Waals surface area contributed by atoms with Crippen LogP contribution in [-0.2, 0) is 41.5 Å². The molecule has 0 nitrogen and oxygen atoms in total. The number of hydrogen-bond donors (Lipinski definition) is 0. The van der Waals surface area contributed by atoms with Crippen molar-refractivity contribution in [2.75, 3.05) is 0 Å². The molecule has 2 aliphatic rings. The van der Waals surface area contributed by atoms with Gasteiger partial charge in [0.05, 0.1) is 0 Å². The van der Waals surface area contributed by atoms with Crippen LogP contribution in [0.15, 0.2) is 85.0 Å². The number of fused-ring (bicyclic) bond motifs is 3. The summed E-state index contributed by atoms with van der Waals surface area (Å²) in [5, 5.41) is 0. The Morgan fingerprint density at radius 1 is 0.652 bits per heavy atom. The normalized spacial score (nSPS) is 11.6. The van der Waals surface area contributed by atoms with Gasteiger partial charge in [-0.1, -0.05) is 93.0 Å². The molecule has 0 bridgehead atoms. The van der Waals surface area contributed by atoms with Crippen molar-refractivity contribution in [1.29, 1.82) is 0 Å². The Bertz CT molecular complexity index is 1400. The van der Waals surface area contributed by atoms with Crippen LogP contribution in [0.1, 0.15) is 92.5 Å². The molecule has 0 saturated heterocycles. The van der Waals surface area contributed by atoms with E-state index in [4.69, 9.17) is 0 Å². The van der Waals surface area contributed by atoms with Crippen LogP contribution >= 0.6 is 24.8 Å². The zero-order chi connectivity index (χ0) is 32.9. The molecule has 0 N–H and O–H groups in total. The van der Waals surface area contributed by atoms with Crippen LogP contribution in [0, 0.1) is 52.0 Å². The second-order valence-electron chi connectivity index (χ2n) is 13.5. The summed E-state index contributed by atoms with van der Waals surface area (Å²) in [6.07, 6.45) is 11.0. The first-order valence-corrected chi connectivity index (χ1v) is 17.1. The average Bonchev–Trinajstić information content (AvgIpc) is 3.65. The van der Waals surface area contributed by atoms with Gasteiger partial charge in [0.25, 0.3) is 0 Å². The zero-order valence-electron chi connectivity index (χ0n) is 29.5. The van der Waals surface area contributed by atoms with E-state index in [9.17, 15) is 0 Å². The van der Waals surface area contributed by atoms with Gasteiger partial charge in [0.15, 0.2) is 0 Å². The quantitative estimate of drug-likeness (QED) is 0.139. The molecule has 0 atom stereocenters. The van der Waals surface area contributed by atoms with Crippen LogP contribution in [0.3, 0.4) is 0 Å². The van der Waals surface area contributed by atoms with Gasteiger partial charge in [-0.3, -0.25) is 6.08 Å². The SMILES string of the molecule is CC(C)(C)c1[c-]c2c(cc1)-c1ccc(C(C)(C)C)cc1C2.Cc1c[c-]cc(C)c1.Cc1c[c-]cc(C)c1.Cl.Cl.[C-]1=CC=CC1.[CH2]=[Zr]. The first-order valence-electron chi connectivity index (χ1n) is 15.4. The third-order valence-corrected chi connectivity index (χ3v) is 7.20.